The maximum absolute atomic E-state index is 12.6. The van der Waals surface area contributed by atoms with Crippen molar-refractivity contribution in [1.29, 1.82) is 0 Å². The van der Waals surface area contributed by atoms with Crippen LogP contribution in [0, 0.1) is 6.92 Å². The molecule has 3 amide bonds. The highest BCUT2D eigenvalue weighted by Crippen LogP contribution is 2.24. The maximum atomic E-state index is 12.6. The second-order valence-corrected chi connectivity index (χ2v) is 9.40. The van der Waals surface area contributed by atoms with Crippen molar-refractivity contribution in [2.24, 2.45) is 0 Å². The maximum Gasteiger partial charge on any atom is 0.261 e. The molecule has 5 rings (SSSR count). The number of anilines is 2. The van der Waals surface area contributed by atoms with E-state index in [9.17, 15) is 14.4 Å². The van der Waals surface area contributed by atoms with Crippen molar-refractivity contribution in [1.82, 2.24) is 9.80 Å². The monoisotopic (exact) mass is 482 g/mol. The second kappa shape index (κ2) is 10.3. The lowest BCUT2D eigenvalue weighted by Crippen LogP contribution is -2.45. The Morgan fingerprint density at radius 2 is 1.53 bits per heavy atom. The Hall–Kier alpha value is -3.97. The van der Waals surface area contributed by atoms with E-state index in [1.165, 1.54) is 5.56 Å². The predicted octanol–water partition coefficient (Wildman–Crippen LogP) is 3.94. The average Bonchev–Trinajstić information content (AvgIpc) is 3.13. The first-order chi connectivity index (χ1) is 17.5. The van der Waals surface area contributed by atoms with Gasteiger partial charge in [0.1, 0.15) is 0 Å². The van der Waals surface area contributed by atoms with Crippen LogP contribution in [0.25, 0.3) is 0 Å². The Bertz CT molecular complexity index is 1270. The molecule has 3 aromatic rings. The van der Waals surface area contributed by atoms with Crippen molar-refractivity contribution in [2.45, 2.75) is 19.9 Å². The lowest BCUT2D eigenvalue weighted by Gasteiger charge is -2.36. The summed E-state index contributed by atoms with van der Waals surface area (Å²) in [5.41, 5.74) is 4.91. The first-order valence-electron chi connectivity index (χ1n) is 12.4. The largest absolute Gasteiger partial charge is 0.369 e. The number of nitrogens with one attached hydrogen (secondary N) is 1. The molecule has 1 saturated heterocycles. The minimum Gasteiger partial charge on any atom is -0.369 e. The lowest BCUT2D eigenvalue weighted by atomic mass is 10.1. The summed E-state index contributed by atoms with van der Waals surface area (Å²) < 4.78 is 0. The fraction of sp³-hybridized carbons (Fsp3) is 0.276. The van der Waals surface area contributed by atoms with Gasteiger partial charge in [0, 0.05) is 57.1 Å². The molecule has 1 N–H and O–H groups in total. The summed E-state index contributed by atoms with van der Waals surface area (Å²) in [7, 11) is 0. The molecular formula is C29H30N4O3. The number of hydrogen-bond acceptors (Lipinski definition) is 5. The smallest absolute Gasteiger partial charge is 0.261 e. The highest BCUT2D eigenvalue weighted by molar-refractivity contribution is 6.21. The molecule has 0 radical (unpaired) electrons. The molecule has 2 aliphatic rings. The van der Waals surface area contributed by atoms with Crippen LogP contribution in [-0.2, 0) is 11.3 Å². The Labute approximate surface area is 211 Å². The van der Waals surface area contributed by atoms with Crippen LogP contribution in [0.4, 0.5) is 11.4 Å². The van der Waals surface area contributed by atoms with Gasteiger partial charge in [0.25, 0.3) is 11.8 Å². The molecule has 36 heavy (non-hydrogen) atoms. The van der Waals surface area contributed by atoms with Gasteiger partial charge >= 0.3 is 0 Å². The van der Waals surface area contributed by atoms with E-state index in [4.69, 9.17) is 0 Å². The third-order valence-electron chi connectivity index (χ3n) is 6.83. The number of aryl methyl sites for hydroxylation is 1. The van der Waals surface area contributed by atoms with Gasteiger partial charge in [-0.1, -0.05) is 42.0 Å². The summed E-state index contributed by atoms with van der Waals surface area (Å²) in [6, 6.07) is 23.6. The number of nitrogens with zero attached hydrogens (tertiary/aromatic N) is 3. The SMILES string of the molecule is Cc1ccc2c(c1)C(=O)N(CCC(=O)Nc1ccc(N3CCN(Cc4ccccc4)CC3)cc1)C2=O. The van der Waals surface area contributed by atoms with Crippen LogP contribution in [0.15, 0.2) is 72.8 Å². The number of hydrogen-bond donors (Lipinski definition) is 1. The van der Waals surface area contributed by atoms with Crippen LogP contribution in [0.5, 0.6) is 0 Å². The number of fused-ring (bicyclic) bond motifs is 1. The molecule has 0 bridgehead atoms. The molecule has 0 aromatic heterocycles. The molecule has 0 atom stereocenters. The van der Waals surface area contributed by atoms with Crippen LogP contribution in [0.1, 0.15) is 38.3 Å². The molecule has 2 aliphatic heterocycles. The van der Waals surface area contributed by atoms with Gasteiger partial charge in [-0.25, -0.2) is 0 Å². The summed E-state index contributed by atoms with van der Waals surface area (Å²) in [5.74, 6) is -0.902. The Morgan fingerprint density at radius 1 is 0.833 bits per heavy atom. The van der Waals surface area contributed by atoms with Crippen LogP contribution in [0.3, 0.4) is 0 Å². The van der Waals surface area contributed by atoms with Crippen molar-refractivity contribution >= 4 is 29.1 Å². The molecule has 0 unspecified atom stereocenters. The summed E-state index contributed by atoms with van der Waals surface area (Å²) in [4.78, 5) is 43.6. The van der Waals surface area contributed by atoms with Gasteiger partial charge in [-0.15, -0.1) is 0 Å². The highest BCUT2D eigenvalue weighted by Gasteiger charge is 2.35. The van der Waals surface area contributed by atoms with Crippen LogP contribution in [0.2, 0.25) is 0 Å². The summed E-state index contributed by atoms with van der Waals surface area (Å²) in [6.07, 6.45) is 0.0512. The van der Waals surface area contributed by atoms with Gasteiger partial charge in [0.05, 0.1) is 11.1 Å². The third kappa shape index (κ3) is 5.16. The molecule has 3 aromatic carbocycles. The number of carbonyl (C=O) groups excluding carboxylic acids is 3. The molecule has 184 valence electrons. The molecule has 7 heteroatoms. The van der Waals surface area contributed by atoms with Crippen molar-refractivity contribution in [3.63, 3.8) is 0 Å². The minimum atomic E-state index is -0.337. The van der Waals surface area contributed by atoms with Gasteiger partial charge in [-0.3, -0.25) is 24.2 Å². The zero-order valence-corrected chi connectivity index (χ0v) is 20.4. The first-order valence-corrected chi connectivity index (χ1v) is 12.4. The van der Waals surface area contributed by atoms with Gasteiger partial charge in [-0.05, 0) is 48.9 Å². The molecule has 0 saturated carbocycles. The summed E-state index contributed by atoms with van der Waals surface area (Å²) in [6.45, 7) is 6.83. The minimum absolute atomic E-state index is 0.0512. The molecule has 0 aliphatic carbocycles. The van der Waals surface area contributed by atoms with E-state index in [2.05, 4.69) is 39.4 Å². The number of amides is 3. The average molecular weight is 483 g/mol. The Morgan fingerprint density at radius 3 is 2.25 bits per heavy atom. The molecule has 1 fully saturated rings. The van der Waals surface area contributed by atoms with E-state index in [0.717, 1.165) is 48.9 Å². The molecule has 0 spiro atoms. The predicted molar refractivity (Wildman–Crippen MR) is 140 cm³/mol. The third-order valence-corrected chi connectivity index (χ3v) is 6.83. The Kier molecular flexibility index (Phi) is 6.82. The molecular weight excluding hydrogens is 452 g/mol. The van der Waals surface area contributed by atoms with E-state index >= 15 is 0 Å². The van der Waals surface area contributed by atoms with Gasteiger partial charge in [0.15, 0.2) is 0 Å². The van der Waals surface area contributed by atoms with Crippen LogP contribution < -0.4 is 10.2 Å². The van der Waals surface area contributed by atoms with Gasteiger partial charge in [-0.2, -0.15) is 0 Å². The normalized spacial score (nSPS) is 15.8. The number of benzene rings is 3. The van der Waals surface area contributed by atoms with E-state index in [-0.39, 0.29) is 30.7 Å². The topological polar surface area (TPSA) is 73.0 Å². The quantitative estimate of drug-likeness (QED) is 0.517. The second-order valence-electron chi connectivity index (χ2n) is 9.40. The zero-order chi connectivity index (χ0) is 25.1. The lowest BCUT2D eigenvalue weighted by molar-refractivity contribution is -0.116. The van der Waals surface area contributed by atoms with E-state index < -0.39 is 0 Å². The van der Waals surface area contributed by atoms with E-state index in [1.807, 2.05) is 43.3 Å². The van der Waals surface area contributed by atoms with E-state index in [0.29, 0.717) is 16.8 Å². The summed E-state index contributed by atoms with van der Waals surface area (Å²) in [5, 5.41) is 2.88. The van der Waals surface area contributed by atoms with Crippen LogP contribution in [-0.4, -0.2) is 60.2 Å². The van der Waals surface area contributed by atoms with Crippen LogP contribution >= 0.6 is 0 Å². The van der Waals surface area contributed by atoms with Crippen molar-refractivity contribution < 1.29 is 14.4 Å². The number of imide groups is 1. The summed E-state index contributed by atoms with van der Waals surface area (Å²) >= 11 is 0. The van der Waals surface area contributed by atoms with Crippen molar-refractivity contribution in [3.05, 3.63) is 95.1 Å². The van der Waals surface area contributed by atoms with Crippen molar-refractivity contribution in [2.75, 3.05) is 42.9 Å². The first kappa shape index (κ1) is 23.8. The number of rotatable bonds is 7. The fourth-order valence-corrected chi connectivity index (χ4v) is 4.81. The number of carbonyl (C=O) groups is 3. The fourth-order valence-electron chi connectivity index (χ4n) is 4.81. The zero-order valence-electron chi connectivity index (χ0n) is 20.4. The Balaban J connectivity index is 1.09. The van der Waals surface area contributed by atoms with Crippen molar-refractivity contribution in [3.8, 4) is 0 Å². The molecule has 7 nitrogen and oxygen atoms in total. The molecule has 2 heterocycles. The van der Waals surface area contributed by atoms with E-state index in [1.54, 1.807) is 12.1 Å². The number of piperazine rings is 1. The standard InChI is InChI=1S/C29H30N4O3/c1-21-7-12-25-26(19-21)29(36)33(28(25)35)14-13-27(34)30-23-8-10-24(11-9-23)32-17-15-31(16-18-32)20-22-5-3-2-4-6-22/h2-12,19H,13-18,20H2,1H3,(H,30,34). The van der Waals surface area contributed by atoms with Gasteiger partial charge in [0.2, 0.25) is 5.91 Å². The van der Waals surface area contributed by atoms with Gasteiger partial charge < -0.3 is 10.2 Å². The highest BCUT2D eigenvalue weighted by atomic mass is 16.2.